The monoisotopic (exact) mass is 329 g/mol. The van der Waals surface area contributed by atoms with Gasteiger partial charge in [0.25, 0.3) is 0 Å². The van der Waals surface area contributed by atoms with Crippen molar-refractivity contribution in [3.05, 3.63) is 29.8 Å². The Morgan fingerprint density at radius 3 is 2.62 bits per heavy atom. The van der Waals surface area contributed by atoms with Crippen LogP contribution in [0.25, 0.3) is 0 Å². The predicted octanol–water partition coefficient (Wildman–Crippen LogP) is 2.17. The van der Waals surface area contributed by atoms with Gasteiger partial charge in [0.15, 0.2) is 0 Å². The summed E-state index contributed by atoms with van der Waals surface area (Å²) in [6, 6.07) is 6.79. The van der Waals surface area contributed by atoms with Crippen molar-refractivity contribution in [3.63, 3.8) is 0 Å². The first-order valence-electron chi connectivity index (χ1n) is 7.40. The van der Waals surface area contributed by atoms with Crippen LogP contribution in [-0.4, -0.2) is 37.2 Å². The lowest BCUT2D eigenvalue weighted by Gasteiger charge is -2.20. The van der Waals surface area contributed by atoms with Crippen LogP contribution in [0.15, 0.2) is 29.2 Å². The first kappa shape index (κ1) is 16.8. The van der Waals surface area contributed by atoms with Gasteiger partial charge in [-0.3, -0.25) is 0 Å². The molecule has 2 unspecified atom stereocenters. The van der Waals surface area contributed by atoms with Crippen LogP contribution in [0, 0.1) is 0 Å². The maximum Gasteiger partial charge on any atom is 0.240 e. The summed E-state index contributed by atoms with van der Waals surface area (Å²) in [5.41, 5.74) is 0.941. The van der Waals surface area contributed by atoms with Gasteiger partial charge in [0.05, 0.1) is 4.90 Å². The Morgan fingerprint density at radius 1 is 1.29 bits per heavy atom. The summed E-state index contributed by atoms with van der Waals surface area (Å²) in [5.74, 6) is 1.01. The van der Waals surface area contributed by atoms with E-state index in [-0.39, 0.29) is 12.6 Å². The molecule has 0 saturated heterocycles. The molecule has 1 aliphatic carbocycles. The fourth-order valence-corrected chi connectivity index (χ4v) is 5.30. The van der Waals surface area contributed by atoms with Crippen molar-refractivity contribution in [2.75, 3.05) is 12.4 Å². The Morgan fingerprint density at radius 2 is 2.00 bits per heavy atom. The molecule has 1 aromatic carbocycles. The lowest BCUT2D eigenvalue weighted by molar-refractivity contribution is 0.299. The molecule has 0 aliphatic heterocycles. The molecule has 2 atom stereocenters. The minimum Gasteiger partial charge on any atom is -0.396 e. The van der Waals surface area contributed by atoms with E-state index < -0.39 is 10.0 Å². The Hall–Kier alpha value is -0.560. The number of thioether (sulfide) groups is 1. The second-order valence-electron chi connectivity index (χ2n) is 5.27. The first-order chi connectivity index (χ1) is 10.1. The van der Waals surface area contributed by atoms with Crippen LogP contribution in [0.3, 0.4) is 0 Å². The SMILES string of the molecule is CCSC1CCCC1NS(=O)(=O)c1ccc(CCO)cc1. The third-order valence-corrected chi connectivity index (χ3v) is 6.61. The summed E-state index contributed by atoms with van der Waals surface area (Å²) in [7, 11) is -3.45. The fraction of sp³-hybridized carbons (Fsp3) is 0.600. The summed E-state index contributed by atoms with van der Waals surface area (Å²) in [5, 5.41) is 9.27. The molecule has 1 fully saturated rings. The zero-order valence-electron chi connectivity index (χ0n) is 12.3. The quantitative estimate of drug-likeness (QED) is 0.804. The predicted molar refractivity (Wildman–Crippen MR) is 87.1 cm³/mol. The molecule has 0 heterocycles. The lowest BCUT2D eigenvalue weighted by atomic mass is 10.2. The molecule has 0 radical (unpaired) electrons. The number of rotatable bonds is 7. The molecule has 4 nitrogen and oxygen atoms in total. The molecule has 6 heteroatoms. The highest BCUT2D eigenvalue weighted by Gasteiger charge is 2.31. The van der Waals surface area contributed by atoms with Crippen LogP contribution in [0.4, 0.5) is 0 Å². The van der Waals surface area contributed by atoms with Gasteiger partial charge in [-0.2, -0.15) is 11.8 Å². The molecule has 0 bridgehead atoms. The van der Waals surface area contributed by atoms with Crippen LogP contribution in [0.1, 0.15) is 31.7 Å². The van der Waals surface area contributed by atoms with Crippen LogP contribution >= 0.6 is 11.8 Å². The van der Waals surface area contributed by atoms with E-state index in [4.69, 9.17) is 5.11 Å². The van der Waals surface area contributed by atoms with Crippen LogP contribution in [0.2, 0.25) is 0 Å². The van der Waals surface area contributed by atoms with Crippen molar-refractivity contribution in [2.24, 2.45) is 0 Å². The molecule has 0 amide bonds. The van der Waals surface area contributed by atoms with Crippen LogP contribution in [-0.2, 0) is 16.4 Å². The van der Waals surface area contributed by atoms with E-state index in [2.05, 4.69) is 11.6 Å². The van der Waals surface area contributed by atoms with E-state index in [0.717, 1.165) is 30.6 Å². The molecule has 2 N–H and O–H groups in total. The average Bonchev–Trinajstić information content (AvgIpc) is 2.87. The highest BCUT2D eigenvalue weighted by Crippen LogP contribution is 2.30. The van der Waals surface area contributed by atoms with Crippen molar-refractivity contribution < 1.29 is 13.5 Å². The molecule has 1 aromatic rings. The van der Waals surface area contributed by atoms with Gasteiger partial charge in [-0.1, -0.05) is 25.5 Å². The lowest BCUT2D eigenvalue weighted by Crippen LogP contribution is -2.38. The summed E-state index contributed by atoms with van der Waals surface area (Å²) < 4.78 is 27.7. The average molecular weight is 329 g/mol. The standard InChI is InChI=1S/C15H23NO3S2/c1-2-20-15-5-3-4-14(15)16-21(18,19)13-8-6-12(7-9-13)10-11-17/h6-9,14-17H,2-5,10-11H2,1H3. The molecule has 1 saturated carbocycles. The van der Waals surface area contributed by atoms with Gasteiger partial charge in [0, 0.05) is 17.9 Å². The maximum absolute atomic E-state index is 12.4. The Kier molecular flexibility index (Phi) is 6.10. The number of aliphatic hydroxyl groups is 1. The van der Waals surface area contributed by atoms with Gasteiger partial charge >= 0.3 is 0 Å². The highest BCUT2D eigenvalue weighted by atomic mass is 32.2. The largest absolute Gasteiger partial charge is 0.396 e. The van der Waals surface area contributed by atoms with Gasteiger partial charge in [-0.15, -0.1) is 0 Å². The van der Waals surface area contributed by atoms with E-state index in [1.54, 1.807) is 24.3 Å². The van der Waals surface area contributed by atoms with Gasteiger partial charge < -0.3 is 5.11 Å². The second-order valence-corrected chi connectivity index (χ2v) is 8.50. The van der Waals surface area contributed by atoms with Gasteiger partial charge in [-0.25, -0.2) is 13.1 Å². The molecule has 118 valence electrons. The normalized spacial score (nSPS) is 22.6. The number of benzene rings is 1. The molecular weight excluding hydrogens is 306 g/mol. The molecular formula is C15H23NO3S2. The molecule has 0 spiro atoms. The fourth-order valence-electron chi connectivity index (χ4n) is 2.71. The topological polar surface area (TPSA) is 66.4 Å². The van der Waals surface area contributed by atoms with Crippen molar-refractivity contribution in [3.8, 4) is 0 Å². The summed E-state index contributed by atoms with van der Waals surface area (Å²) >= 11 is 1.84. The zero-order chi connectivity index (χ0) is 15.3. The van der Waals surface area contributed by atoms with Crippen molar-refractivity contribution in [1.29, 1.82) is 0 Å². The van der Waals surface area contributed by atoms with E-state index >= 15 is 0 Å². The van der Waals surface area contributed by atoms with Gasteiger partial charge in [0.2, 0.25) is 10.0 Å². The Bertz CT molecular complexity index is 543. The van der Waals surface area contributed by atoms with E-state index in [0.29, 0.717) is 16.6 Å². The summed E-state index contributed by atoms with van der Waals surface area (Å²) in [6.07, 6.45) is 3.63. The smallest absolute Gasteiger partial charge is 0.240 e. The van der Waals surface area contributed by atoms with E-state index in [1.807, 2.05) is 11.8 Å². The number of hydrogen-bond donors (Lipinski definition) is 2. The highest BCUT2D eigenvalue weighted by molar-refractivity contribution is 8.00. The van der Waals surface area contributed by atoms with Crippen molar-refractivity contribution in [1.82, 2.24) is 4.72 Å². The second kappa shape index (κ2) is 7.63. The number of aliphatic hydroxyl groups excluding tert-OH is 1. The molecule has 2 rings (SSSR count). The molecule has 21 heavy (non-hydrogen) atoms. The first-order valence-corrected chi connectivity index (χ1v) is 9.93. The number of hydrogen-bond acceptors (Lipinski definition) is 4. The van der Waals surface area contributed by atoms with Crippen LogP contribution < -0.4 is 4.72 Å². The number of sulfonamides is 1. The Labute approximate surface area is 131 Å². The summed E-state index contributed by atoms with van der Waals surface area (Å²) in [6.45, 7) is 2.18. The van der Waals surface area contributed by atoms with Crippen LogP contribution in [0.5, 0.6) is 0 Å². The maximum atomic E-state index is 12.4. The molecule has 0 aromatic heterocycles. The van der Waals surface area contributed by atoms with E-state index in [1.165, 1.54) is 0 Å². The number of nitrogens with one attached hydrogen (secondary N) is 1. The van der Waals surface area contributed by atoms with Gasteiger partial charge in [-0.05, 0) is 42.7 Å². The minimum atomic E-state index is -3.45. The molecule has 1 aliphatic rings. The van der Waals surface area contributed by atoms with Crippen molar-refractivity contribution >= 4 is 21.8 Å². The van der Waals surface area contributed by atoms with E-state index in [9.17, 15) is 8.42 Å². The third-order valence-electron chi connectivity index (χ3n) is 3.77. The van der Waals surface area contributed by atoms with Gasteiger partial charge in [0.1, 0.15) is 0 Å². The minimum absolute atomic E-state index is 0.0390. The van der Waals surface area contributed by atoms with Crippen molar-refractivity contribution in [2.45, 2.75) is 48.8 Å². The Balaban J connectivity index is 2.07. The third kappa shape index (κ3) is 4.45. The summed E-state index contributed by atoms with van der Waals surface area (Å²) in [4.78, 5) is 0.302. The zero-order valence-corrected chi connectivity index (χ0v) is 13.9.